The SMILES string of the molecule is CCN(CCO)S(=O)(=O)CCCCC#N. The Bertz CT molecular complexity index is 295. The summed E-state index contributed by atoms with van der Waals surface area (Å²) < 4.78 is 24.6. The van der Waals surface area contributed by atoms with Crippen LogP contribution < -0.4 is 0 Å². The van der Waals surface area contributed by atoms with Crippen LogP contribution in [0.25, 0.3) is 0 Å². The molecule has 0 aromatic heterocycles. The predicted molar refractivity (Wildman–Crippen MR) is 57.6 cm³/mol. The van der Waals surface area contributed by atoms with E-state index in [4.69, 9.17) is 10.4 Å². The molecule has 0 aliphatic rings. The summed E-state index contributed by atoms with van der Waals surface area (Å²) in [6.45, 7) is 2.10. The molecule has 0 spiro atoms. The first-order valence-corrected chi connectivity index (χ1v) is 6.65. The maximum Gasteiger partial charge on any atom is 0.214 e. The molecule has 0 aliphatic heterocycles. The third-order valence-electron chi connectivity index (χ3n) is 2.04. The molecule has 5 nitrogen and oxygen atoms in total. The van der Waals surface area contributed by atoms with Gasteiger partial charge < -0.3 is 5.11 Å². The summed E-state index contributed by atoms with van der Waals surface area (Å²) in [5, 5.41) is 17.0. The lowest BCUT2D eigenvalue weighted by molar-refractivity contribution is 0.257. The van der Waals surface area contributed by atoms with Gasteiger partial charge in [-0.05, 0) is 12.8 Å². The van der Waals surface area contributed by atoms with Gasteiger partial charge in [-0.25, -0.2) is 8.42 Å². The minimum atomic E-state index is -3.25. The summed E-state index contributed by atoms with van der Waals surface area (Å²) in [6, 6.07) is 1.97. The predicted octanol–water partition coefficient (Wildman–Crippen LogP) is 0.324. The summed E-state index contributed by atoms with van der Waals surface area (Å²) in [6.07, 6.45) is 1.49. The topological polar surface area (TPSA) is 81.4 Å². The van der Waals surface area contributed by atoms with Gasteiger partial charge in [0.15, 0.2) is 0 Å². The molecule has 0 aliphatic carbocycles. The van der Waals surface area contributed by atoms with Crippen molar-refractivity contribution in [3.05, 3.63) is 0 Å². The maximum atomic E-state index is 11.6. The van der Waals surface area contributed by atoms with E-state index in [2.05, 4.69) is 0 Å². The smallest absolute Gasteiger partial charge is 0.214 e. The van der Waals surface area contributed by atoms with Crippen molar-refractivity contribution in [1.82, 2.24) is 4.31 Å². The number of hydrogen-bond donors (Lipinski definition) is 1. The fourth-order valence-electron chi connectivity index (χ4n) is 1.22. The molecule has 6 heteroatoms. The van der Waals surface area contributed by atoms with Crippen molar-refractivity contribution in [2.24, 2.45) is 0 Å². The first-order chi connectivity index (χ1) is 7.08. The van der Waals surface area contributed by atoms with Crippen molar-refractivity contribution in [2.45, 2.75) is 26.2 Å². The highest BCUT2D eigenvalue weighted by atomic mass is 32.2. The highest BCUT2D eigenvalue weighted by molar-refractivity contribution is 7.89. The number of sulfonamides is 1. The minimum Gasteiger partial charge on any atom is -0.395 e. The molecule has 0 bridgehead atoms. The Morgan fingerprint density at radius 2 is 2.07 bits per heavy atom. The first kappa shape index (κ1) is 14.4. The molecule has 0 amide bonds. The van der Waals surface area contributed by atoms with Crippen LogP contribution in [-0.4, -0.2) is 43.3 Å². The Hall–Kier alpha value is -0.640. The lowest BCUT2D eigenvalue weighted by Gasteiger charge is -2.18. The number of nitriles is 1. The van der Waals surface area contributed by atoms with Crippen molar-refractivity contribution in [3.63, 3.8) is 0 Å². The van der Waals surface area contributed by atoms with Crippen LogP contribution in [0.4, 0.5) is 0 Å². The maximum absolute atomic E-state index is 11.6. The van der Waals surface area contributed by atoms with E-state index in [1.165, 1.54) is 4.31 Å². The molecule has 0 saturated carbocycles. The van der Waals surface area contributed by atoms with Crippen LogP contribution in [0.5, 0.6) is 0 Å². The van der Waals surface area contributed by atoms with Gasteiger partial charge in [-0.3, -0.25) is 0 Å². The van der Waals surface area contributed by atoms with Crippen LogP contribution in [0.3, 0.4) is 0 Å². The molecule has 0 aromatic carbocycles. The Balaban J connectivity index is 4.09. The number of hydrogen-bond acceptors (Lipinski definition) is 4. The van der Waals surface area contributed by atoms with Gasteiger partial charge in [-0.1, -0.05) is 6.92 Å². The molecule has 0 fully saturated rings. The lowest BCUT2D eigenvalue weighted by atomic mass is 10.3. The van der Waals surface area contributed by atoms with Crippen molar-refractivity contribution < 1.29 is 13.5 Å². The normalized spacial score (nSPS) is 11.6. The molecule has 0 atom stereocenters. The lowest BCUT2D eigenvalue weighted by Crippen LogP contribution is -2.35. The number of unbranched alkanes of at least 4 members (excludes halogenated alkanes) is 2. The number of aliphatic hydroxyl groups excluding tert-OH is 1. The quantitative estimate of drug-likeness (QED) is 0.613. The van der Waals surface area contributed by atoms with Gasteiger partial charge in [-0.2, -0.15) is 9.57 Å². The van der Waals surface area contributed by atoms with Crippen molar-refractivity contribution in [2.75, 3.05) is 25.4 Å². The largest absolute Gasteiger partial charge is 0.395 e. The van der Waals surface area contributed by atoms with E-state index >= 15 is 0 Å². The van der Waals surface area contributed by atoms with E-state index in [1.54, 1.807) is 6.92 Å². The number of likely N-dealkylation sites (N-methyl/N-ethyl adjacent to an activating group) is 1. The van der Waals surface area contributed by atoms with Crippen molar-refractivity contribution in [1.29, 1.82) is 5.26 Å². The first-order valence-electron chi connectivity index (χ1n) is 5.04. The van der Waals surface area contributed by atoms with Gasteiger partial charge >= 0.3 is 0 Å². The van der Waals surface area contributed by atoms with E-state index in [-0.39, 0.29) is 18.9 Å². The highest BCUT2D eigenvalue weighted by Gasteiger charge is 2.18. The van der Waals surface area contributed by atoms with Crippen LogP contribution in [0.1, 0.15) is 26.2 Å². The van der Waals surface area contributed by atoms with Crippen molar-refractivity contribution in [3.8, 4) is 6.07 Å². The molecular formula is C9H18N2O3S. The van der Waals surface area contributed by atoms with Gasteiger partial charge in [0.2, 0.25) is 10.0 Å². The molecule has 0 heterocycles. The summed E-state index contributed by atoms with van der Waals surface area (Å²) in [5.74, 6) is 0.0581. The number of nitrogens with zero attached hydrogens (tertiary/aromatic N) is 2. The van der Waals surface area contributed by atoms with Crippen molar-refractivity contribution >= 4 is 10.0 Å². The van der Waals surface area contributed by atoms with Gasteiger partial charge in [0.05, 0.1) is 18.4 Å². The molecule has 0 saturated heterocycles. The summed E-state index contributed by atoms with van der Waals surface area (Å²) in [7, 11) is -3.25. The van der Waals surface area contributed by atoms with Crippen LogP contribution in [0, 0.1) is 11.3 Å². The van der Waals surface area contributed by atoms with Crippen LogP contribution >= 0.6 is 0 Å². The monoisotopic (exact) mass is 234 g/mol. The minimum absolute atomic E-state index is 0.0581. The van der Waals surface area contributed by atoms with Gasteiger partial charge in [0.25, 0.3) is 0 Å². The average molecular weight is 234 g/mol. The summed E-state index contributed by atoms with van der Waals surface area (Å²) in [4.78, 5) is 0. The zero-order valence-corrected chi connectivity index (χ0v) is 9.83. The van der Waals surface area contributed by atoms with E-state index < -0.39 is 10.0 Å². The highest BCUT2D eigenvalue weighted by Crippen LogP contribution is 2.05. The molecule has 0 aromatic rings. The fourth-order valence-corrected chi connectivity index (χ4v) is 2.80. The Morgan fingerprint density at radius 3 is 2.53 bits per heavy atom. The third-order valence-corrected chi connectivity index (χ3v) is 4.07. The Morgan fingerprint density at radius 1 is 1.40 bits per heavy atom. The Kier molecular flexibility index (Phi) is 7.30. The average Bonchev–Trinajstić information content (AvgIpc) is 2.20. The second-order valence-corrected chi connectivity index (χ2v) is 5.23. The summed E-state index contributed by atoms with van der Waals surface area (Å²) in [5.41, 5.74) is 0. The zero-order chi connectivity index (χ0) is 11.7. The second-order valence-electron chi connectivity index (χ2n) is 3.15. The van der Waals surface area contributed by atoms with Crippen LogP contribution in [0.15, 0.2) is 0 Å². The van der Waals surface area contributed by atoms with Crippen LogP contribution in [0.2, 0.25) is 0 Å². The Labute approximate surface area is 91.4 Å². The fraction of sp³-hybridized carbons (Fsp3) is 0.889. The van der Waals surface area contributed by atoms with Gasteiger partial charge in [0.1, 0.15) is 0 Å². The van der Waals surface area contributed by atoms with E-state index in [0.29, 0.717) is 25.8 Å². The van der Waals surface area contributed by atoms with E-state index in [9.17, 15) is 8.42 Å². The molecule has 0 radical (unpaired) electrons. The second kappa shape index (κ2) is 7.63. The summed E-state index contributed by atoms with van der Waals surface area (Å²) >= 11 is 0. The number of aliphatic hydroxyl groups is 1. The molecule has 88 valence electrons. The standard InChI is InChI=1S/C9H18N2O3S/c1-2-11(7-8-12)15(13,14)9-5-3-4-6-10/h12H,2-5,7-9H2,1H3. The molecule has 0 rings (SSSR count). The molecule has 1 N–H and O–H groups in total. The van der Waals surface area contributed by atoms with Gasteiger partial charge in [0, 0.05) is 19.5 Å². The number of rotatable bonds is 8. The third kappa shape index (κ3) is 5.72. The van der Waals surface area contributed by atoms with E-state index in [1.807, 2.05) is 6.07 Å². The molecular weight excluding hydrogens is 216 g/mol. The van der Waals surface area contributed by atoms with E-state index in [0.717, 1.165) is 0 Å². The van der Waals surface area contributed by atoms with Gasteiger partial charge in [-0.15, -0.1) is 0 Å². The molecule has 15 heavy (non-hydrogen) atoms. The zero-order valence-electron chi connectivity index (χ0n) is 9.02. The molecule has 0 unspecified atom stereocenters. The van der Waals surface area contributed by atoms with Crippen LogP contribution in [-0.2, 0) is 10.0 Å².